The van der Waals surface area contributed by atoms with Crippen molar-refractivity contribution >= 4 is 40.1 Å². The number of Topliss-reactive ketones (excluding diaryl/α,β-unsaturated/α-hetero) is 2. The summed E-state index contributed by atoms with van der Waals surface area (Å²) in [7, 11) is 1.59. The summed E-state index contributed by atoms with van der Waals surface area (Å²) in [4.78, 5) is 41.0. The monoisotopic (exact) mass is 399 g/mol. The molecule has 0 N–H and O–H groups in total. The number of methoxy groups -OCH3 is 1. The molecule has 7 heteroatoms. The van der Waals surface area contributed by atoms with Crippen LogP contribution in [0.25, 0.3) is 11.1 Å². The molecular weight excluding hydrogens is 378 g/mol. The van der Waals surface area contributed by atoms with E-state index >= 15 is 0 Å². The lowest BCUT2D eigenvalue weighted by Gasteiger charge is -2.14. The summed E-state index contributed by atoms with van der Waals surface area (Å²) in [5, 5.41) is 2.25. The van der Waals surface area contributed by atoms with Crippen LogP contribution in [0.5, 0.6) is 5.75 Å². The van der Waals surface area contributed by atoms with Crippen molar-refractivity contribution in [1.29, 1.82) is 0 Å². The number of ketones is 2. The third-order valence-electron chi connectivity index (χ3n) is 4.53. The minimum atomic E-state index is -0.824. The van der Waals surface area contributed by atoms with Crippen LogP contribution in [0.3, 0.4) is 0 Å². The highest BCUT2D eigenvalue weighted by molar-refractivity contribution is 7.14. The molecular formula is C21H21NO5S. The molecule has 0 saturated heterocycles. The van der Waals surface area contributed by atoms with Gasteiger partial charge < -0.3 is 9.47 Å². The molecule has 1 fully saturated rings. The van der Waals surface area contributed by atoms with Crippen LogP contribution >= 0.6 is 11.3 Å². The zero-order valence-electron chi connectivity index (χ0n) is 15.8. The standard InChI is InChI=1S/C21H21NO5S/c1-3-27-21(25)19-16(13-7-9-14(26-2)10-8-13)12-28-20(19)22-11-15-17(23)5-4-6-18(15)24/h7-12,15H,3-6H2,1-2H3/b22-11+. The predicted octanol–water partition coefficient (Wildman–Crippen LogP) is 4.24. The lowest BCUT2D eigenvalue weighted by Crippen LogP contribution is -2.29. The summed E-state index contributed by atoms with van der Waals surface area (Å²) < 4.78 is 10.4. The van der Waals surface area contributed by atoms with E-state index in [1.54, 1.807) is 14.0 Å². The zero-order valence-corrected chi connectivity index (χ0v) is 16.6. The smallest absolute Gasteiger partial charge is 0.341 e. The molecule has 0 unspecified atom stereocenters. The first kappa shape index (κ1) is 19.9. The number of aliphatic imine (C=N–C) groups is 1. The molecule has 1 aliphatic carbocycles. The number of thiophene rings is 1. The number of nitrogens with zero attached hydrogens (tertiary/aromatic N) is 1. The number of rotatable bonds is 6. The fraction of sp³-hybridized carbons (Fsp3) is 0.333. The highest BCUT2D eigenvalue weighted by atomic mass is 32.1. The lowest BCUT2D eigenvalue weighted by molar-refractivity contribution is -0.132. The lowest BCUT2D eigenvalue weighted by atomic mass is 9.88. The van der Waals surface area contributed by atoms with Crippen LogP contribution in [0.2, 0.25) is 0 Å². The van der Waals surface area contributed by atoms with Gasteiger partial charge >= 0.3 is 5.97 Å². The first-order valence-electron chi connectivity index (χ1n) is 9.07. The van der Waals surface area contributed by atoms with E-state index in [1.165, 1.54) is 17.6 Å². The minimum Gasteiger partial charge on any atom is -0.497 e. The molecule has 2 aromatic rings. The van der Waals surface area contributed by atoms with Gasteiger partial charge in [-0.1, -0.05) is 12.1 Å². The summed E-state index contributed by atoms with van der Waals surface area (Å²) in [5.74, 6) is -0.836. The summed E-state index contributed by atoms with van der Waals surface area (Å²) >= 11 is 1.27. The van der Waals surface area contributed by atoms with Crippen LogP contribution in [-0.4, -0.2) is 37.5 Å². The molecule has 0 amide bonds. The molecule has 0 radical (unpaired) electrons. The molecule has 0 aliphatic heterocycles. The fourth-order valence-electron chi connectivity index (χ4n) is 3.06. The molecule has 1 aromatic carbocycles. The summed E-state index contributed by atoms with van der Waals surface area (Å²) in [6.07, 6.45) is 2.73. The van der Waals surface area contributed by atoms with E-state index in [0.717, 1.165) is 5.56 Å². The van der Waals surface area contributed by atoms with Crippen molar-refractivity contribution in [2.45, 2.75) is 26.2 Å². The van der Waals surface area contributed by atoms with Crippen molar-refractivity contribution in [3.05, 3.63) is 35.2 Å². The molecule has 1 aromatic heterocycles. The van der Waals surface area contributed by atoms with Gasteiger partial charge in [-0.3, -0.25) is 9.59 Å². The van der Waals surface area contributed by atoms with Gasteiger partial charge in [0.1, 0.15) is 33.8 Å². The summed E-state index contributed by atoms with van der Waals surface area (Å²) in [6, 6.07) is 7.32. The maximum absolute atomic E-state index is 12.6. The maximum atomic E-state index is 12.6. The van der Waals surface area contributed by atoms with Gasteiger partial charge in [-0.25, -0.2) is 9.79 Å². The number of benzene rings is 1. The second-order valence-electron chi connectivity index (χ2n) is 6.32. The number of ether oxygens (including phenoxy) is 2. The Morgan fingerprint density at radius 1 is 1.21 bits per heavy atom. The molecule has 1 saturated carbocycles. The Kier molecular flexibility index (Phi) is 6.36. The quantitative estimate of drug-likeness (QED) is 0.412. The van der Waals surface area contributed by atoms with Crippen LogP contribution in [-0.2, 0) is 14.3 Å². The Labute approximate surface area is 167 Å². The van der Waals surface area contributed by atoms with Crippen molar-refractivity contribution in [3.63, 3.8) is 0 Å². The van der Waals surface area contributed by atoms with Crippen LogP contribution in [0.4, 0.5) is 5.00 Å². The number of carbonyl (C=O) groups is 3. The average Bonchev–Trinajstić information content (AvgIpc) is 3.12. The topological polar surface area (TPSA) is 82.0 Å². The van der Waals surface area contributed by atoms with E-state index < -0.39 is 11.9 Å². The van der Waals surface area contributed by atoms with Gasteiger partial charge in [0.2, 0.25) is 0 Å². The van der Waals surface area contributed by atoms with Gasteiger partial charge in [-0.15, -0.1) is 11.3 Å². The molecule has 146 valence electrons. The minimum absolute atomic E-state index is 0.121. The average molecular weight is 399 g/mol. The Morgan fingerprint density at radius 3 is 2.50 bits per heavy atom. The number of hydrogen-bond acceptors (Lipinski definition) is 7. The molecule has 3 rings (SSSR count). The highest BCUT2D eigenvalue weighted by Gasteiger charge is 2.29. The third-order valence-corrected chi connectivity index (χ3v) is 5.42. The molecule has 0 atom stereocenters. The Morgan fingerprint density at radius 2 is 1.89 bits per heavy atom. The van der Waals surface area contributed by atoms with Crippen LogP contribution in [0, 0.1) is 5.92 Å². The van der Waals surface area contributed by atoms with Gasteiger partial charge in [0.05, 0.1) is 13.7 Å². The van der Waals surface area contributed by atoms with Gasteiger partial charge in [-0.05, 0) is 31.0 Å². The Balaban J connectivity index is 1.97. The molecule has 28 heavy (non-hydrogen) atoms. The Bertz CT molecular complexity index is 897. The van der Waals surface area contributed by atoms with Crippen molar-refractivity contribution in [1.82, 2.24) is 0 Å². The molecule has 1 heterocycles. The molecule has 1 aliphatic rings. The summed E-state index contributed by atoms with van der Waals surface area (Å²) in [5.41, 5.74) is 1.86. The molecule has 6 nitrogen and oxygen atoms in total. The third kappa shape index (κ3) is 4.20. The SMILES string of the molecule is CCOC(=O)c1c(-c2ccc(OC)cc2)csc1/N=C/C1C(=O)CCCC1=O. The normalized spacial score (nSPS) is 15.2. The van der Waals surface area contributed by atoms with Crippen LogP contribution in [0.15, 0.2) is 34.6 Å². The predicted molar refractivity (Wildman–Crippen MR) is 108 cm³/mol. The van der Waals surface area contributed by atoms with Gasteiger partial charge in [0.15, 0.2) is 0 Å². The van der Waals surface area contributed by atoms with Gasteiger partial charge in [0.25, 0.3) is 0 Å². The first-order valence-corrected chi connectivity index (χ1v) is 9.95. The van der Waals surface area contributed by atoms with E-state index in [2.05, 4.69) is 4.99 Å². The Hall–Kier alpha value is -2.80. The van der Waals surface area contributed by atoms with Crippen molar-refractivity contribution in [2.24, 2.45) is 10.9 Å². The van der Waals surface area contributed by atoms with E-state index in [1.807, 2.05) is 29.6 Å². The van der Waals surface area contributed by atoms with Crippen LogP contribution in [0.1, 0.15) is 36.5 Å². The van der Waals surface area contributed by atoms with E-state index in [-0.39, 0.29) is 18.2 Å². The second kappa shape index (κ2) is 8.93. The molecule has 0 bridgehead atoms. The fourth-order valence-corrected chi connectivity index (χ4v) is 3.98. The number of carbonyl (C=O) groups excluding carboxylic acids is 3. The van der Waals surface area contributed by atoms with Crippen molar-refractivity contribution < 1.29 is 23.9 Å². The zero-order chi connectivity index (χ0) is 20.1. The maximum Gasteiger partial charge on any atom is 0.341 e. The number of esters is 1. The van der Waals surface area contributed by atoms with E-state index in [9.17, 15) is 14.4 Å². The van der Waals surface area contributed by atoms with Gasteiger partial charge in [-0.2, -0.15) is 0 Å². The van der Waals surface area contributed by atoms with E-state index in [4.69, 9.17) is 9.47 Å². The largest absolute Gasteiger partial charge is 0.497 e. The second-order valence-corrected chi connectivity index (χ2v) is 7.18. The van der Waals surface area contributed by atoms with Crippen molar-refractivity contribution in [3.8, 4) is 16.9 Å². The van der Waals surface area contributed by atoms with Crippen molar-refractivity contribution in [2.75, 3.05) is 13.7 Å². The van der Waals surface area contributed by atoms with Gasteiger partial charge in [0, 0.05) is 30.0 Å². The summed E-state index contributed by atoms with van der Waals surface area (Å²) in [6.45, 7) is 1.97. The molecule has 0 spiro atoms. The van der Waals surface area contributed by atoms with Crippen LogP contribution < -0.4 is 4.74 Å². The highest BCUT2D eigenvalue weighted by Crippen LogP contribution is 2.38. The van der Waals surface area contributed by atoms with E-state index in [0.29, 0.717) is 41.1 Å². The first-order chi connectivity index (χ1) is 13.5. The number of hydrogen-bond donors (Lipinski definition) is 0.